The minimum absolute atomic E-state index is 0.104. The molecule has 0 aromatic carbocycles. The molecule has 98 valence electrons. The summed E-state index contributed by atoms with van der Waals surface area (Å²) >= 11 is 0. The lowest BCUT2D eigenvalue weighted by atomic mass is 10.0. The van der Waals surface area contributed by atoms with Crippen molar-refractivity contribution in [3.8, 4) is 0 Å². The first-order valence-corrected chi connectivity index (χ1v) is 7.07. The Balaban J connectivity index is 2.01. The third-order valence-corrected chi connectivity index (χ3v) is 4.01. The van der Waals surface area contributed by atoms with Crippen molar-refractivity contribution in [3.05, 3.63) is 0 Å². The van der Waals surface area contributed by atoms with Crippen LogP contribution in [0.5, 0.6) is 0 Å². The summed E-state index contributed by atoms with van der Waals surface area (Å²) in [7, 11) is 0. The summed E-state index contributed by atoms with van der Waals surface area (Å²) in [5.74, 6) is 0.245. The Kier molecular flexibility index (Phi) is 4.80. The molecule has 0 aromatic heterocycles. The van der Waals surface area contributed by atoms with E-state index >= 15 is 0 Å². The van der Waals surface area contributed by atoms with Crippen LogP contribution in [0.2, 0.25) is 0 Å². The number of carbonyl (C=O) groups is 1. The predicted molar refractivity (Wildman–Crippen MR) is 68.9 cm³/mol. The molecule has 0 radical (unpaired) electrons. The van der Waals surface area contributed by atoms with Crippen molar-refractivity contribution in [1.29, 1.82) is 0 Å². The number of carbonyl (C=O) groups excluding carboxylic acids is 1. The second-order valence-electron chi connectivity index (χ2n) is 5.13. The van der Waals surface area contributed by atoms with E-state index in [0.717, 1.165) is 39.0 Å². The van der Waals surface area contributed by atoms with Gasteiger partial charge in [0.2, 0.25) is 5.91 Å². The lowest BCUT2D eigenvalue weighted by Crippen LogP contribution is -2.54. The average molecular weight is 239 g/mol. The standard InChI is InChI=1S/C13H25N3O/c1-2-16(11-6-5-8-14-10-11)12-7-3-4-9-15-13(12)17/h11-12,14H,2-10H2,1H3,(H,15,17). The summed E-state index contributed by atoms with van der Waals surface area (Å²) < 4.78 is 0. The summed E-state index contributed by atoms with van der Waals surface area (Å²) in [6.07, 6.45) is 5.78. The van der Waals surface area contributed by atoms with E-state index in [0.29, 0.717) is 6.04 Å². The number of amides is 1. The Morgan fingerprint density at radius 3 is 2.82 bits per heavy atom. The zero-order valence-corrected chi connectivity index (χ0v) is 10.9. The third kappa shape index (κ3) is 3.19. The van der Waals surface area contributed by atoms with Crippen molar-refractivity contribution in [2.75, 3.05) is 26.2 Å². The Morgan fingerprint density at radius 1 is 1.24 bits per heavy atom. The summed E-state index contributed by atoms with van der Waals surface area (Å²) in [6.45, 7) is 6.18. The first kappa shape index (κ1) is 12.8. The van der Waals surface area contributed by atoms with Gasteiger partial charge in [0.15, 0.2) is 0 Å². The minimum atomic E-state index is 0.104. The highest BCUT2D eigenvalue weighted by Crippen LogP contribution is 2.19. The zero-order chi connectivity index (χ0) is 12.1. The average Bonchev–Trinajstić information content (AvgIpc) is 2.58. The van der Waals surface area contributed by atoms with Crippen LogP contribution >= 0.6 is 0 Å². The van der Waals surface area contributed by atoms with E-state index in [4.69, 9.17) is 0 Å². The Hall–Kier alpha value is -0.610. The summed E-state index contributed by atoms with van der Waals surface area (Å²) in [5, 5.41) is 6.49. The van der Waals surface area contributed by atoms with Gasteiger partial charge in [-0.2, -0.15) is 0 Å². The summed E-state index contributed by atoms with van der Waals surface area (Å²) in [5.41, 5.74) is 0. The third-order valence-electron chi connectivity index (χ3n) is 4.01. The molecule has 2 atom stereocenters. The highest BCUT2D eigenvalue weighted by Gasteiger charge is 2.31. The summed E-state index contributed by atoms with van der Waals surface area (Å²) in [6, 6.07) is 0.648. The zero-order valence-electron chi connectivity index (χ0n) is 10.9. The van der Waals surface area contributed by atoms with Crippen LogP contribution in [0.15, 0.2) is 0 Å². The van der Waals surface area contributed by atoms with Crippen molar-refractivity contribution in [3.63, 3.8) is 0 Å². The minimum Gasteiger partial charge on any atom is -0.355 e. The van der Waals surface area contributed by atoms with Crippen LogP contribution in [0, 0.1) is 0 Å². The fourth-order valence-corrected chi connectivity index (χ4v) is 3.09. The van der Waals surface area contributed by atoms with E-state index in [-0.39, 0.29) is 11.9 Å². The number of likely N-dealkylation sites (N-methyl/N-ethyl adjacent to an activating group) is 1. The lowest BCUT2D eigenvalue weighted by Gasteiger charge is -2.38. The topological polar surface area (TPSA) is 44.4 Å². The number of hydrogen-bond acceptors (Lipinski definition) is 3. The van der Waals surface area contributed by atoms with Crippen molar-refractivity contribution in [2.24, 2.45) is 0 Å². The van der Waals surface area contributed by atoms with E-state index in [9.17, 15) is 4.79 Å². The van der Waals surface area contributed by atoms with Gasteiger partial charge in [-0.15, -0.1) is 0 Å². The number of rotatable bonds is 3. The van der Waals surface area contributed by atoms with E-state index < -0.39 is 0 Å². The van der Waals surface area contributed by atoms with Gasteiger partial charge in [-0.25, -0.2) is 0 Å². The molecule has 2 rings (SSSR count). The number of piperidine rings is 1. The molecule has 0 bridgehead atoms. The van der Waals surface area contributed by atoms with Crippen LogP contribution in [0.4, 0.5) is 0 Å². The molecule has 2 N–H and O–H groups in total. The van der Waals surface area contributed by atoms with Crippen LogP contribution in [0.25, 0.3) is 0 Å². The first-order chi connectivity index (χ1) is 8.33. The fraction of sp³-hybridized carbons (Fsp3) is 0.923. The molecule has 2 aliphatic rings. The van der Waals surface area contributed by atoms with Gasteiger partial charge in [0, 0.05) is 19.1 Å². The van der Waals surface area contributed by atoms with E-state index in [1.165, 1.54) is 19.3 Å². The SMILES string of the molecule is CCN(C1CCCNC1)C1CCCCNC1=O. The van der Waals surface area contributed by atoms with Crippen molar-refractivity contribution in [2.45, 2.75) is 51.1 Å². The lowest BCUT2D eigenvalue weighted by molar-refractivity contribution is -0.127. The maximum Gasteiger partial charge on any atom is 0.237 e. The van der Waals surface area contributed by atoms with Gasteiger partial charge in [0.1, 0.15) is 0 Å². The first-order valence-electron chi connectivity index (χ1n) is 7.07. The normalized spacial score (nSPS) is 31.1. The van der Waals surface area contributed by atoms with Crippen LogP contribution in [0.3, 0.4) is 0 Å². The molecule has 17 heavy (non-hydrogen) atoms. The molecule has 0 aromatic rings. The molecule has 0 saturated carbocycles. The molecular formula is C13H25N3O. The van der Waals surface area contributed by atoms with Crippen LogP contribution in [-0.4, -0.2) is 49.1 Å². The second-order valence-corrected chi connectivity index (χ2v) is 5.13. The molecule has 0 aliphatic carbocycles. The van der Waals surface area contributed by atoms with Gasteiger partial charge in [0.05, 0.1) is 6.04 Å². The van der Waals surface area contributed by atoms with Crippen molar-refractivity contribution in [1.82, 2.24) is 15.5 Å². The molecule has 2 unspecified atom stereocenters. The Bertz CT molecular complexity index is 251. The number of nitrogens with one attached hydrogen (secondary N) is 2. The molecular weight excluding hydrogens is 214 g/mol. The maximum absolute atomic E-state index is 12.1. The molecule has 2 heterocycles. The van der Waals surface area contributed by atoms with Gasteiger partial charge in [-0.3, -0.25) is 9.69 Å². The Labute approximate surface area is 104 Å². The maximum atomic E-state index is 12.1. The smallest absolute Gasteiger partial charge is 0.237 e. The summed E-state index contributed by atoms with van der Waals surface area (Å²) in [4.78, 5) is 14.5. The van der Waals surface area contributed by atoms with E-state index in [2.05, 4.69) is 22.5 Å². The molecule has 4 nitrogen and oxygen atoms in total. The van der Waals surface area contributed by atoms with Gasteiger partial charge in [0.25, 0.3) is 0 Å². The van der Waals surface area contributed by atoms with Crippen LogP contribution in [-0.2, 0) is 4.79 Å². The highest BCUT2D eigenvalue weighted by atomic mass is 16.2. The molecule has 2 fully saturated rings. The molecule has 2 saturated heterocycles. The van der Waals surface area contributed by atoms with Gasteiger partial charge in [-0.05, 0) is 45.2 Å². The number of nitrogens with zero attached hydrogens (tertiary/aromatic N) is 1. The number of hydrogen-bond donors (Lipinski definition) is 2. The molecule has 4 heteroatoms. The van der Waals surface area contributed by atoms with Gasteiger partial charge < -0.3 is 10.6 Å². The monoisotopic (exact) mass is 239 g/mol. The van der Waals surface area contributed by atoms with Gasteiger partial charge in [-0.1, -0.05) is 6.92 Å². The molecule has 2 aliphatic heterocycles. The van der Waals surface area contributed by atoms with E-state index in [1.807, 2.05) is 0 Å². The Morgan fingerprint density at radius 2 is 2.12 bits per heavy atom. The largest absolute Gasteiger partial charge is 0.355 e. The second kappa shape index (κ2) is 6.36. The van der Waals surface area contributed by atoms with Gasteiger partial charge >= 0.3 is 0 Å². The van der Waals surface area contributed by atoms with Crippen LogP contribution < -0.4 is 10.6 Å². The quantitative estimate of drug-likeness (QED) is 0.763. The molecule has 1 amide bonds. The highest BCUT2D eigenvalue weighted by molar-refractivity contribution is 5.82. The van der Waals surface area contributed by atoms with Crippen molar-refractivity contribution >= 4 is 5.91 Å². The fourth-order valence-electron chi connectivity index (χ4n) is 3.09. The van der Waals surface area contributed by atoms with Crippen LogP contribution in [0.1, 0.15) is 39.0 Å². The molecule has 0 spiro atoms. The predicted octanol–water partition coefficient (Wildman–Crippen LogP) is 0.729. The van der Waals surface area contributed by atoms with E-state index in [1.54, 1.807) is 0 Å². The van der Waals surface area contributed by atoms with Crippen molar-refractivity contribution < 1.29 is 4.79 Å².